The highest BCUT2D eigenvalue weighted by Crippen LogP contribution is 2.24. The molecule has 0 aromatic carbocycles. The van der Waals surface area contributed by atoms with Gasteiger partial charge in [0.15, 0.2) is 6.10 Å². The molecule has 1 fully saturated rings. The van der Waals surface area contributed by atoms with Crippen LogP contribution in [0.5, 0.6) is 0 Å². The largest absolute Gasteiger partial charge is 0.457 e. The molecular weight excluding hydrogens is 248 g/mol. The molecule has 0 bridgehead atoms. The van der Waals surface area contributed by atoms with Gasteiger partial charge in [-0.05, 0) is 25.2 Å². The van der Waals surface area contributed by atoms with E-state index in [1.54, 1.807) is 6.92 Å². The first-order valence-corrected chi connectivity index (χ1v) is 6.73. The van der Waals surface area contributed by atoms with Crippen LogP contribution in [0.1, 0.15) is 33.6 Å². The molecule has 5 nitrogen and oxygen atoms in total. The molecule has 0 amide bonds. The van der Waals surface area contributed by atoms with Gasteiger partial charge in [0.1, 0.15) is 6.10 Å². The molecule has 1 heterocycles. The number of rotatable bonds is 6. The average molecular weight is 272 g/mol. The molecule has 0 aliphatic carbocycles. The molecule has 3 N–H and O–H groups in total. The van der Waals surface area contributed by atoms with Crippen molar-refractivity contribution in [1.82, 2.24) is 0 Å². The van der Waals surface area contributed by atoms with Crippen molar-refractivity contribution in [3.8, 4) is 0 Å². The van der Waals surface area contributed by atoms with E-state index in [9.17, 15) is 20.1 Å². The highest BCUT2D eigenvalue weighted by atomic mass is 16.6. The standard InChI is InChI=1S/C14H24O5/c1-8(10(3)15)5-4-6-9(2)13(18)14-11(16)7-12(17)19-14/h4-5,8-11,13-16,18H,6-7H2,1-3H3/b5-4+/t8-,9-,10+,11+,13-,14+/m1/s1. The normalized spacial score (nSPS) is 30.1. The number of hydrogen-bond donors (Lipinski definition) is 3. The van der Waals surface area contributed by atoms with Crippen molar-refractivity contribution >= 4 is 5.97 Å². The lowest BCUT2D eigenvalue weighted by Gasteiger charge is -2.24. The minimum Gasteiger partial charge on any atom is -0.457 e. The van der Waals surface area contributed by atoms with Gasteiger partial charge in [0.2, 0.25) is 0 Å². The fourth-order valence-electron chi connectivity index (χ4n) is 1.99. The Balaban J connectivity index is 2.45. The molecule has 6 atom stereocenters. The average Bonchev–Trinajstić information content (AvgIpc) is 2.66. The van der Waals surface area contributed by atoms with E-state index in [-0.39, 0.29) is 18.3 Å². The van der Waals surface area contributed by atoms with E-state index >= 15 is 0 Å². The summed E-state index contributed by atoms with van der Waals surface area (Å²) in [5.41, 5.74) is 0. The van der Waals surface area contributed by atoms with E-state index in [1.165, 1.54) is 0 Å². The Kier molecular flexibility index (Phi) is 5.97. The fraction of sp³-hybridized carbons (Fsp3) is 0.786. The lowest BCUT2D eigenvalue weighted by Crippen LogP contribution is -2.38. The molecule has 0 aromatic rings. The summed E-state index contributed by atoms with van der Waals surface area (Å²) in [5, 5.41) is 29.0. The Morgan fingerprint density at radius 2 is 2.00 bits per heavy atom. The molecule has 0 aromatic heterocycles. The summed E-state index contributed by atoms with van der Waals surface area (Å²) in [6.07, 6.45) is 1.29. The van der Waals surface area contributed by atoms with Crippen LogP contribution in [0.15, 0.2) is 12.2 Å². The third-order valence-electron chi connectivity index (χ3n) is 3.65. The van der Waals surface area contributed by atoms with Gasteiger partial charge < -0.3 is 20.1 Å². The second-order valence-electron chi connectivity index (χ2n) is 5.46. The molecule has 0 saturated carbocycles. The lowest BCUT2D eigenvalue weighted by molar-refractivity contribution is -0.148. The summed E-state index contributed by atoms with van der Waals surface area (Å²) in [6.45, 7) is 5.47. The predicted molar refractivity (Wildman–Crippen MR) is 70.3 cm³/mol. The van der Waals surface area contributed by atoms with Gasteiger partial charge in [-0.3, -0.25) is 4.79 Å². The molecule has 5 heteroatoms. The Bertz CT molecular complexity index is 326. The summed E-state index contributed by atoms with van der Waals surface area (Å²) in [7, 11) is 0. The van der Waals surface area contributed by atoms with Crippen molar-refractivity contribution in [2.75, 3.05) is 0 Å². The van der Waals surface area contributed by atoms with Crippen LogP contribution in [-0.4, -0.2) is 45.7 Å². The zero-order valence-electron chi connectivity index (χ0n) is 11.7. The van der Waals surface area contributed by atoms with Crippen LogP contribution in [0, 0.1) is 11.8 Å². The van der Waals surface area contributed by atoms with Gasteiger partial charge in [0.25, 0.3) is 0 Å². The number of aliphatic hydroxyl groups is 3. The number of allylic oxidation sites excluding steroid dienone is 1. The van der Waals surface area contributed by atoms with Gasteiger partial charge in [-0.1, -0.05) is 26.0 Å². The van der Waals surface area contributed by atoms with Crippen molar-refractivity contribution < 1.29 is 24.9 Å². The molecule has 1 saturated heterocycles. The first-order chi connectivity index (χ1) is 8.82. The Labute approximate surface area is 113 Å². The van der Waals surface area contributed by atoms with E-state index < -0.39 is 30.4 Å². The second-order valence-corrected chi connectivity index (χ2v) is 5.46. The summed E-state index contributed by atoms with van der Waals surface area (Å²) < 4.78 is 4.92. The van der Waals surface area contributed by atoms with Gasteiger partial charge in [-0.15, -0.1) is 0 Å². The number of carbonyl (C=O) groups is 1. The third kappa shape index (κ3) is 4.60. The number of cyclic esters (lactones) is 1. The third-order valence-corrected chi connectivity index (χ3v) is 3.65. The Morgan fingerprint density at radius 1 is 1.37 bits per heavy atom. The molecule has 1 aliphatic rings. The van der Waals surface area contributed by atoms with Crippen molar-refractivity contribution in [1.29, 1.82) is 0 Å². The number of hydrogen-bond acceptors (Lipinski definition) is 5. The van der Waals surface area contributed by atoms with E-state index in [2.05, 4.69) is 0 Å². The SMILES string of the molecule is C[C@H](O)[C@H](C)/C=C/C[C@@H](C)[C@@H](O)[C@H]1OC(=O)C[C@@H]1O. The maximum Gasteiger partial charge on any atom is 0.309 e. The predicted octanol–water partition coefficient (Wildman–Crippen LogP) is 0.623. The summed E-state index contributed by atoms with van der Waals surface area (Å²) >= 11 is 0. The molecular formula is C14H24O5. The maximum atomic E-state index is 11.0. The first kappa shape index (κ1) is 16.1. The molecule has 1 aliphatic heterocycles. The highest BCUT2D eigenvalue weighted by Gasteiger charge is 2.40. The first-order valence-electron chi connectivity index (χ1n) is 6.73. The Morgan fingerprint density at radius 3 is 2.47 bits per heavy atom. The minimum absolute atomic E-state index is 0.0522. The highest BCUT2D eigenvalue weighted by molar-refractivity contribution is 5.72. The molecule has 19 heavy (non-hydrogen) atoms. The minimum atomic E-state index is -0.926. The van der Waals surface area contributed by atoms with Gasteiger partial charge >= 0.3 is 5.97 Å². The van der Waals surface area contributed by atoms with Crippen LogP contribution >= 0.6 is 0 Å². The topological polar surface area (TPSA) is 87.0 Å². The van der Waals surface area contributed by atoms with E-state index in [0.29, 0.717) is 6.42 Å². The quantitative estimate of drug-likeness (QED) is 0.487. The zero-order chi connectivity index (χ0) is 14.6. The van der Waals surface area contributed by atoms with Crippen LogP contribution in [-0.2, 0) is 9.53 Å². The zero-order valence-corrected chi connectivity index (χ0v) is 11.7. The van der Waals surface area contributed by atoms with Crippen LogP contribution in [0.4, 0.5) is 0 Å². The molecule has 0 unspecified atom stereocenters. The van der Waals surface area contributed by atoms with Gasteiger partial charge in [-0.2, -0.15) is 0 Å². The van der Waals surface area contributed by atoms with Crippen LogP contribution in [0.2, 0.25) is 0 Å². The summed E-state index contributed by atoms with van der Waals surface area (Å²) in [6, 6.07) is 0. The van der Waals surface area contributed by atoms with Crippen molar-refractivity contribution in [2.24, 2.45) is 11.8 Å². The van der Waals surface area contributed by atoms with E-state index in [4.69, 9.17) is 4.74 Å². The number of aliphatic hydroxyl groups excluding tert-OH is 3. The van der Waals surface area contributed by atoms with Crippen molar-refractivity contribution in [2.45, 2.75) is 58.0 Å². The fourth-order valence-corrected chi connectivity index (χ4v) is 1.99. The lowest BCUT2D eigenvalue weighted by atomic mass is 9.93. The van der Waals surface area contributed by atoms with Crippen LogP contribution in [0.25, 0.3) is 0 Å². The molecule has 0 spiro atoms. The number of ether oxygens (including phenoxy) is 1. The van der Waals surface area contributed by atoms with Crippen LogP contribution < -0.4 is 0 Å². The van der Waals surface area contributed by atoms with E-state index in [1.807, 2.05) is 26.0 Å². The molecule has 0 radical (unpaired) electrons. The molecule has 1 rings (SSSR count). The second kappa shape index (κ2) is 7.03. The van der Waals surface area contributed by atoms with Gasteiger partial charge in [0, 0.05) is 0 Å². The van der Waals surface area contributed by atoms with Crippen LogP contribution in [0.3, 0.4) is 0 Å². The molecule has 110 valence electrons. The maximum absolute atomic E-state index is 11.0. The number of carbonyl (C=O) groups excluding carboxylic acids is 1. The monoisotopic (exact) mass is 272 g/mol. The number of esters is 1. The van der Waals surface area contributed by atoms with Crippen molar-refractivity contribution in [3.63, 3.8) is 0 Å². The summed E-state index contributed by atoms with van der Waals surface area (Å²) in [5.74, 6) is -0.552. The Hall–Kier alpha value is -0.910. The van der Waals surface area contributed by atoms with Crippen molar-refractivity contribution in [3.05, 3.63) is 12.2 Å². The summed E-state index contributed by atoms with van der Waals surface area (Å²) in [4.78, 5) is 11.0. The van der Waals surface area contributed by atoms with Gasteiger partial charge in [-0.25, -0.2) is 0 Å². The smallest absolute Gasteiger partial charge is 0.309 e. The van der Waals surface area contributed by atoms with E-state index in [0.717, 1.165) is 0 Å². The van der Waals surface area contributed by atoms with Gasteiger partial charge in [0.05, 0.1) is 18.6 Å².